The van der Waals surface area contributed by atoms with E-state index in [0.29, 0.717) is 0 Å². The number of hydrogen-bond acceptors (Lipinski definition) is 2. The van der Waals surface area contributed by atoms with Crippen LogP contribution in [0, 0.1) is 0 Å². The first-order valence-corrected chi connectivity index (χ1v) is 2.61. The van der Waals surface area contributed by atoms with Crippen LogP contribution in [0.1, 0.15) is 6.42 Å². The molecular formula is C4H6ClNO. The molecule has 1 atom stereocenters. The maximum absolute atomic E-state index is 10.1. The Morgan fingerprint density at radius 2 is 2.43 bits per heavy atom. The summed E-state index contributed by atoms with van der Waals surface area (Å²) in [4.78, 5) is 10.1. The quantitative estimate of drug-likeness (QED) is 0.497. The average molecular weight is 120 g/mol. The summed E-state index contributed by atoms with van der Waals surface area (Å²) in [7, 11) is 0. The third-order valence-corrected chi connectivity index (χ3v) is 1.36. The number of carbonyl (C=O) groups excluding carboxylic acids is 1. The lowest BCUT2D eigenvalue weighted by atomic mass is 10.1. The van der Waals surface area contributed by atoms with Crippen LogP contribution in [-0.4, -0.2) is 17.8 Å². The van der Waals surface area contributed by atoms with Crippen LogP contribution in [0.4, 0.5) is 0 Å². The van der Waals surface area contributed by atoms with Crippen molar-refractivity contribution in [3.05, 3.63) is 0 Å². The minimum atomic E-state index is -0.258. The van der Waals surface area contributed by atoms with Crippen molar-refractivity contribution in [1.82, 2.24) is 5.32 Å². The van der Waals surface area contributed by atoms with Gasteiger partial charge in [-0.15, -0.1) is 0 Å². The molecule has 7 heavy (non-hydrogen) atoms. The van der Waals surface area contributed by atoms with E-state index >= 15 is 0 Å². The number of rotatable bonds is 1. The molecule has 3 heteroatoms. The van der Waals surface area contributed by atoms with Crippen molar-refractivity contribution in [1.29, 1.82) is 0 Å². The molecule has 0 aromatic heterocycles. The van der Waals surface area contributed by atoms with Gasteiger partial charge in [0.2, 0.25) is 5.24 Å². The Hall–Kier alpha value is -0.0800. The van der Waals surface area contributed by atoms with Crippen molar-refractivity contribution in [2.75, 3.05) is 6.54 Å². The first-order chi connectivity index (χ1) is 3.30. The van der Waals surface area contributed by atoms with Crippen LogP contribution in [-0.2, 0) is 4.79 Å². The van der Waals surface area contributed by atoms with Crippen molar-refractivity contribution >= 4 is 16.8 Å². The Balaban J connectivity index is 2.27. The molecule has 0 aromatic rings. The van der Waals surface area contributed by atoms with E-state index in [1.807, 2.05) is 0 Å². The molecule has 1 aliphatic heterocycles. The number of carbonyl (C=O) groups is 1. The fraction of sp³-hybridized carbons (Fsp3) is 0.750. The van der Waals surface area contributed by atoms with Gasteiger partial charge < -0.3 is 5.32 Å². The Morgan fingerprint density at radius 3 is 2.43 bits per heavy atom. The van der Waals surface area contributed by atoms with E-state index in [9.17, 15) is 4.79 Å². The average Bonchev–Trinajstić information content (AvgIpc) is 1.23. The lowest BCUT2D eigenvalue weighted by molar-refractivity contribution is -0.114. The summed E-state index contributed by atoms with van der Waals surface area (Å²) in [6, 6.07) is -0.0401. The molecule has 0 saturated carbocycles. The lowest BCUT2D eigenvalue weighted by Gasteiger charge is -2.22. The van der Waals surface area contributed by atoms with Crippen LogP contribution < -0.4 is 5.32 Å². The molecule has 2 nitrogen and oxygen atoms in total. The Labute approximate surface area is 46.8 Å². The first-order valence-electron chi connectivity index (χ1n) is 2.23. The molecule has 1 aliphatic rings. The normalized spacial score (nSPS) is 29.0. The molecule has 1 fully saturated rings. The molecule has 1 unspecified atom stereocenters. The second-order valence-electron chi connectivity index (χ2n) is 1.60. The van der Waals surface area contributed by atoms with E-state index in [0.717, 1.165) is 13.0 Å². The van der Waals surface area contributed by atoms with E-state index in [1.54, 1.807) is 0 Å². The van der Waals surface area contributed by atoms with Crippen LogP contribution in [0.25, 0.3) is 0 Å². The first kappa shape index (κ1) is 5.06. The second kappa shape index (κ2) is 1.80. The van der Waals surface area contributed by atoms with Gasteiger partial charge in [-0.2, -0.15) is 0 Å². The van der Waals surface area contributed by atoms with E-state index in [4.69, 9.17) is 11.6 Å². The minimum absolute atomic E-state index is 0.0401. The van der Waals surface area contributed by atoms with Gasteiger partial charge in [0.15, 0.2) is 0 Å². The predicted octanol–water partition coefficient (Wildman–Crippen LogP) is 0.114. The molecule has 40 valence electrons. The molecule has 1 saturated heterocycles. The Morgan fingerprint density at radius 1 is 1.86 bits per heavy atom. The summed E-state index contributed by atoms with van der Waals surface area (Å²) in [5.41, 5.74) is 0. The van der Waals surface area contributed by atoms with Crippen molar-refractivity contribution in [2.24, 2.45) is 0 Å². The van der Waals surface area contributed by atoms with Gasteiger partial charge >= 0.3 is 0 Å². The minimum Gasteiger partial charge on any atom is -0.306 e. The number of halogens is 1. The molecule has 0 spiro atoms. The summed E-state index contributed by atoms with van der Waals surface area (Å²) in [5, 5.41) is 2.61. The Kier molecular flexibility index (Phi) is 1.30. The zero-order valence-corrected chi connectivity index (χ0v) is 4.53. The molecule has 0 bridgehead atoms. The molecule has 0 aromatic carbocycles. The standard InChI is InChI=1S/C4H6ClNO/c5-4(7)3-1-2-6-3/h3,6H,1-2H2. The predicted molar refractivity (Wildman–Crippen MR) is 27.3 cm³/mol. The van der Waals surface area contributed by atoms with Gasteiger partial charge in [-0.1, -0.05) is 0 Å². The van der Waals surface area contributed by atoms with Gasteiger partial charge in [-0.25, -0.2) is 0 Å². The van der Waals surface area contributed by atoms with Crippen LogP contribution in [0.15, 0.2) is 0 Å². The van der Waals surface area contributed by atoms with Gasteiger partial charge in [0, 0.05) is 0 Å². The van der Waals surface area contributed by atoms with Crippen LogP contribution in [0.5, 0.6) is 0 Å². The summed E-state index contributed by atoms with van der Waals surface area (Å²) in [6.45, 7) is 0.934. The summed E-state index contributed by atoms with van der Waals surface area (Å²) < 4.78 is 0. The van der Waals surface area contributed by atoms with Crippen LogP contribution in [0.3, 0.4) is 0 Å². The molecule has 1 heterocycles. The monoisotopic (exact) mass is 119 g/mol. The van der Waals surface area contributed by atoms with Crippen molar-refractivity contribution in [2.45, 2.75) is 12.5 Å². The lowest BCUT2D eigenvalue weighted by Crippen LogP contribution is -2.46. The van der Waals surface area contributed by atoms with Gasteiger partial charge in [0.05, 0.1) is 6.04 Å². The highest BCUT2D eigenvalue weighted by atomic mass is 35.5. The van der Waals surface area contributed by atoms with Crippen molar-refractivity contribution in [3.8, 4) is 0 Å². The van der Waals surface area contributed by atoms with Crippen molar-refractivity contribution in [3.63, 3.8) is 0 Å². The smallest absolute Gasteiger partial charge is 0.238 e. The third-order valence-electron chi connectivity index (χ3n) is 1.10. The summed E-state index contributed by atoms with van der Waals surface area (Å²) >= 11 is 5.08. The topological polar surface area (TPSA) is 29.1 Å². The van der Waals surface area contributed by atoms with Gasteiger partial charge in [-0.3, -0.25) is 4.79 Å². The van der Waals surface area contributed by atoms with Crippen LogP contribution in [0.2, 0.25) is 0 Å². The zero-order valence-electron chi connectivity index (χ0n) is 3.78. The van der Waals surface area contributed by atoms with Gasteiger partial charge in [0.25, 0.3) is 0 Å². The Bertz CT molecular complexity index is 89.7. The molecule has 0 aliphatic carbocycles. The second-order valence-corrected chi connectivity index (χ2v) is 1.97. The van der Waals surface area contributed by atoms with E-state index in [-0.39, 0.29) is 11.3 Å². The number of hydrogen-bond donors (Lipinski definition) is 1. The van der Waals surface area contributed by atoms with E-state index in [1.165, 1.54) is 0 Å². The summed E-state index contributed by atoms with van der Waals surface area (Å²) in [5.74, 6) is 0. The zero-order chi connectivity index (χ0) is 5.28. The highest BCUT2D eigenvalue weighted by Crippen LogP contribution is 2.04. The van der Waals surface area contributed by atoms with Gasteiger partial charge in [-0.05, 0) is 24.6 Å². The number of nitrogens with one attached hydrogen (secondary N) is 1. The molecule has 1 N–H and O–H groups in total. The SMILES string of the molecule is O=C(Cl)C1CCN1. The molecular weight excluding hydrogens is 114 g/mol. The fourth-order valence-corrected chi connectivity index (χ4v) is 0.669. The van der Waals surface area contributed by atoms with E-state index in [2.05, 4.69) is 5.32 Å². The largest absolute Gasteiger partial charge is 0.306 e. The fourth-order valence-electron chi connectivity index (χ4n) is 0.482. The third kappa shape index (κ3) is 0.924. The van der Waals surface area contributed by atoms with Crippen molar-refractivity contribution < 1.29 is 4.79 Å². The van der Waals surface area contributed by atoms with Crippen LogP contribution >= 0.6 is 11.6 Å². The molecule has 0 radical (unpaired) electrons. The summed E-state index contributed by atoms with van der Waals surface area (Å²) in [6.07, 6.45) is 0.905. The van der Waals surface area contributed by atoms with Gasteiger partial charge in [0.1, 0.15) is 0 Å². The molecule has 1 rings (SSSR count). The maximum Gasteiger partial charge on any atom is 0.238 e. The highest BCUT2D eigenvalue weighted by molar-refractivity contribution is 6.64. The maximum atomic E-state index is 10.1. The highest BCUT2D eigenvalue weighted by Gasteiger charge is 2.21. The van der Waals surface area contributed by atoms with E-state index < -0.39 is 0 Å². The molecule has 0 amide bonds.